The number of thioether (sulfide) groups is 1. The number of rotatable bonds is 5. The second kappa shape index (κ2) is 8.49. The average molecular weight is 439 g/mol. The van der Waals surface area contributed by atoms with Gasteiger partial charge in [-0.25, -0.2) is 9.99 Å². The van der Waals surface area contributed by atoms with E-state index in [1.165, 1.54) is 11.8 Å². The number of pyridine rings is 1. The van der Waals surface area contributed by atoms with Crippen molar-refractivity contribution in [2.24, 2.45) is 5.10 Å². The van der Waals surface area contributed by atoms with Crippen LogP contribution in [0.3, 0.4) is 0 Å². The van der Waals surface area contributed by atoms with E-state index < -0.39 is 0 Å². The number of carbonyl (C=O) groups is 1. The van der Waals surface area contributed by atoms with Gasteiger partial charge in [-0.3, -0.25) is 4.79 Å². The first-order valence-electron chi connectivity index (χ1n) is 9.04. The molecule has 5 nitrogen and oxygen atoms in total. The quantitative estimate of drug-likeness (QED) is 0.516. The van der Waals surface area contributed by atoms with Gasteiger partial charge in [0.2, 0.25) is 0 Å². The van der Waals surface area contributed by atoms with Gasteiger partial charge in [-0.05, 0) is 48.4 Å². The molecule has 1 aliphatic rings. The molecule has 4 rings (SSSR count). The summed E-state index contributed by atoms with van der Waals surface area (Å²) in [6, 6.07) is 12.1. The van der Waals surface area contributed by atoms with Crippen LogP contribution in [0.1, 0.15) is 39.0 Å². The van der Waals surface area contributed by atoms with E-state index in [0.29, 0.717) is 17.0 Å². The maximum Gasteiger partial charge on any atom is 0.253 e. The lowest BCUT2D eigenvalue weighted by atomic mass is 10.1. The fourth-order valence-electron chi connectivity index (χ4n) is 3.27. The van der Waals surface area contributed by atoms with E-state index in [-0.39, 0.29) is 17.7 Å². The van der Waals surface area contributed by atoms with Crippen LogP contribution >= 0.6 is 34.4 Å². The molecular formula is C21H18N4OS3. The highest BCUT2D eigenvalue weighted by atomic mass is 32.2. The van der Waals surface area contributed by atoms with E-state index in [2.05, 4.69) is 22.2 Å². The number of carbonyl (C=O) groups excluding carboxylic acids is 1. The van der Waals surface area contributed by atoms with E-state index >= 15 is 0 Å². The van der Waals surface area contributed by atoms with Gasteiger partial charge in [0.1, 0.15) is 11.1 Å². The van der Waals surface area contributed by atoms with Crippen molar-refractivity contribution in [3.63, 3.8) is 0 Å². The summed E-state index contributed by atoms with van der Waals surface area (Å²) in [5, 5.41) is 20.4. The zero-order valence-electron chi connectivity index (χ0n) is 16.0. The zero-order chi connectivity index (χ0) is 20.4. The van der Waals surface area contributed by atoms with Crippen LogP contribution in [-0.4, -0.2) is 27.4 Å². The molecule has 3 aromatic heterocycles. The molecule has 0 fully saturated rings. The lowest BCUT2D eigenvalue weighted by Crippen LogP contribution is -2.28. The van der Waals surface area contributed by atoms with Gasteiger partial charge in [-0.1, -0.05) is 23.9 Å². The van der Waals surface area contributed by atoms with Crippen molar-refractivity contribution >= 4 is 46.1 Å². The maximum absolute atomic E-state index is 13.1. The highest BCUT2D eigenvalue weighted by Crippen LogP contribution is 2.36. The Morgan fingerprint density at radius 3 is 2.79 bits per heavy atom. The Labute approximate surface area is 181 Å². The molecule has 1 amide bonds. The van der Waals surface area contributed by atoms with E-state index in [4.69, 9.17) is 0 Å². The highest BCUT2D eigenvalue weighted by Gasteiger charge is 2.34. The van der Waals surface area contributed by atoms with Gasteiger partial charge in [0.25, 0.3) is 5.91 Å². The van der Waals surface area contributed by atoms with Crippen LogP contribution in [0, 0.1) is 25.2 Å². The molecule has 0 spiro atoms. The summed E-state index contributed by atoms with van der Waals surface area (Å²) < 4.78 is 0. The van der Waals surface area contributed by atoms with Crippen molar-refractivity contribution in [1.29, 1.82) is 5.26 Å². The van der Waals surface area contributed by atoms with E-state index in [0.717, 1.165) is 26.7 Å². The smallest absolute Gasteiger partial charge is 0.253 e. The lowest BCUT2D eigenvalue weighted by molar-refractivity contribution is -0.130. The van der Waals surface area contributed by atoms with Gasteiger partial charge in [0.05, 0.1) is 27.9 Å². The third-order valence-corrected chi connectivity index (χ3v) is 7.45. The summed E-state index contributed by atoms with van der Waals surface area (Å²) in [5.41, 5.74) is 3.20. The Morgan fingerprint density at radius 2 is 2.10 bits per heavy atom. The first-order valence-corrected chi connectivity index (χ1v) is 11.8. The number of nitrogens with zero attached hydrogens (tertiary/aromatic N) is 4. The number of nitriles is 1. The normalized spacial score (nSPS) is 16.0. The van der Waals surface area contributed by atoms with E-state index in [1.807, 2.05) is 48.9 Å². The van der Waals surface area contributed by atoms with Crippen LogP contribution in [0.4, 0.5) is 0 Å². The Balaban J connectivity index is 1.57. The van der Waals surface area contributed by atoms with Crippen LogP contribution in [-0.2, 0) is 4.79 Å². The lowest BCUT2D eigenvalue weighted by Gasteiger charge is -2.20. The largest absolute Gasteiger partial charge is 0.272 e. The zero-order valence-corrected chi connectivity index (χ0v) is 18.4. The van der Waals surface area contributed by atoms with Crippen LogP contribution in [0.25, 0.3) is 0 Å². The third kappa shape index (κ3) is 4.13. The van der Waals surface area contributed by atoms with Gasteiger partial charge >= 0.3 is 0 Å². The van der Waals surface area contributed by atoms with Crippen LogP contribution in [0.5, 0.6) is 0 Å². The highest BCUT2D eigenvalue weighted by molar-refractivity contribution is 8.00. The van der Waals surface area contributed by atoms with Gasteiger partial charge in [0, 0.05) is 17.0 Å². The monoisotopic (exact) mass is 438 g/mol. The van der Waals surface area contributed by atoms with Gasteiger partial charge in [-0.2, -0.15) is 10.4 Å². The average Bonchev–Trinajstić information content (AvgIpc) is 3.46. The number of aromatic nitrogens is 1. The fraction of sp³-hybridized carbons (Fsp3) is 0.238. The SMILES string of the molecule is Cc1cc(C)c(C#N)c(SCC(=O)N2N=C(c3cccs3)C[C@H]2c2cccs2)n1. The van der Waals surface area contributed by atoms with Crippen molar-refractivity contribution in [1.82, 2.24) is 9.99 Å². The molecule has 3 aromatic rings. The summed E-state index contributed by atoms with van der Waals surface area (Å²) in [6.07, 6.45) is 0.711. The third-order valence-electron chi connectivity index (χ3n) is 4.60. The van der Waals surface area contributed by atoms with Crippen LogP contribution in [0.15, 0.2) is 51.2 Å². The predicted molar refractivity (Wildman–Crippen MR) is 119 cm³/mol. The molecule has 0 aliphatic carbocycles. The molecule has 29 heavy (non-hydrogen) atoms. The second-order valence-electron chi connectivity index (χ2n) is 6.66. The van der Waals surface area contributed by atoms with E-state index in [9.17, 15) is 10.1 Å². The number of amides is 1. The number of aryl methyl sites for hydroxylation is 2. The first-order chi connectivity index (χ1) is 14.1. The standard InChI is InChI=1S/C21H18N4OS3/c1-13-9-14(2)23-21(15(13)11-22)29-12-20(26)25-17(19-6-4-8-28-19)10-16(24-25)18-5-3-7-27-18/h3-9,17H,10,12H2,1-2H3/t17-/m0/s1. The second-order valence-corrected chi connectivity index (χ2v) is 9.55. The Hall–Kier alpha value is -2.47. The number of hydrogen-bond donors (Lipinski definition) is 0. The van der Waals surface area contributed by atoms with Gasteiger partial charge in [0.15, 0.2) is 0 Å². The number of hydrogen-bond acceptors (Lipinski definition) is 7. The van der Waals surface area contributed by atoms with Crippen molar-refractivity contribution < 1.29 is 4.79 Å². The molecule has 4 heterocycles. The minimum atomic E-state index is -0.0807. The molecule has 0 unspecified atom stereocenters. The molecule has 8 heteroatoms. The fourth-order valence-corrected chi connectivity index (χ4v) is 5.76. The van der Waals surface area contributed by atoms with Gasteiger partial charge in [-0.15, -0.1) is 22.7 Å². The Bertz CT molecular complexity index is 1100. The molecular weight excluding hydrogens is 420 g/mol. The Morgan fingerprint density at radius 1 is 1.31 bits per heavy atom. The summed E-state index contributed by atoms with van der Waals surface area (Å²) in [7, 11) is 0. The van der Waals surface area contributed by atoms with Crippen molar-refractivity contribution in [3.8, 4) is 6.07 Å². The predicted octanol–water partition coefficient (Wildman–Crippen LogP) is 5.16. The maximum atomic E-state index is 13.1. The van der Waals surface area contributed by atoms with Crippen LogP contribution in [0.2, 0.25) is 0 Å². The minimum Gasteiger partial charge on any atom is -0.272 e. The Kier molecular flexibility index (Phi) is 5.81. The summed E-state index contributed by atoms with van der Waals surface area (Å²) in [4.78, 5) is 19.8. The molecule has 0 aromatic carbocycles. The molecule has 0 N–H and O–H groups in total. The van der Waals surface area contributed by atoms with Crippen molar-refractivity contribution in [2.45, 2.75) is 31.3 Å². The molecule has 0 bridgehead atoms. The number of thiophene rings is 2. The first kappa shape index (κ1) is 19.8. The molecule has 0 saturated heterocycles. The topological polar surface area (TPSA) is 69.3 Å². The molecule has 1 atom stereocenters. The van der Waals surface area contributed by atoms with Crippen LogP contribution < -0.4 is 0 Å². The van der Waals surface area contributed by atoms with Crippen molar-refractivity contribution in [3.05, 3.63) is 67.7 Å². The molecule has 146 valence electrons. The molecule has 1 aliphatic heterocycles. The summed E-state index contributed by atoms with van der Waals surface area (Å²) >= 11 is 4.58. The van der Waals surface area contributed by atoms with Crippen molar-refractivity contribution in [2.75, 3.05) is 5.75 Å². The minimum absolute atomic E-state index is 0.0789. The summed E-state index contributed by atoms with van der Waals surface area (Å²) in [6.45, 7) is 3.79. The molecule has 0 radical (unpaired) electrons. The van der Waals surface area contributed by atoms with Gasteiger partial charge < -0.3 is 0 Å². The molecule has 0 saturated carbocycles. The van der Waals surface area contributed by atoms with E-state index in [1.54, 1.807) is 27.7 Å². The number of hydrazone groups is 1. The summed E-state index contributed by atoms with van der Waals surface area (Å²) in [5.74, 6) is 0.109.